The van der Waals surface area contributed by atoms with Crippen molar-refractivity contribution in [2.75, 3.05) is 18.6 Å². The summed E-state index contributed by atoms with van der Waals surface area (Å²) in [7, 11) is -1.60. The van der Waals surface area contributed by atoms with E-state index in [0.29, 0.717) is 22.7 Å². The lowest BCUT2D eigenvalue weighted by Gasteiger charge is -2.40. The lowest BCUT2D eigenvalue weighted by Crippen LogP contribution is -2.47. The number of aromatic nitrogens is 1. The molecular formula is C28H38N4O5S. The normalized spacial score (nSPS) is 25.0. The summed E-state index contributed by atoms with van der Waals surface area (Å²) in [6, 6.07) is 2.35. The molecule has 1 aromatic rings. The van der Waals surface area contributed by atoms with Crippen LogP contribution in [-0.2, 0) is 21.6 Å². The van der Waals surface area contributed by atoms with Crippen LogP contribution in [0.4, 0.5) is 4.79 Å². The molecule has 2 aliphatic heterocycles. The zero-order valence-electron chi connectivity index (χ0n) is 22.8. The molecule has 1 aromatic heterocycles. The molecular weight excluding hydrogens is 504 g/mol. The molecule has 38 heavy (non-hydrogen) atoms. The van der Waals surface area contributed by atoms with Gasteiger partial charge in [-0.3, -0.25) is 4.79 Å². The third-order valence-electron chi connectivity index (χ3n) is 7.73. The van der Waals surface area contributed by atoms with E-state index in [1.54, 1.807) is 17.8 Å². The van der Waals surface area contributed by atoms with E-state index in [-0.39, 0.29) is 29.5 Å². The highest BCUT2D eigenvalue weighted by Gasteiger charge is 2.41. The number of pyridine rings is 1. The summed E-state index contributed by atoms with van der Waals surface area (Å²) in [5.74, 6) is -0.128. The number of nitrogens with zero attached hydrogens (tertiary/aromatic N) is 2. The van der Waals surface area contributed by atoms with Crippen molar-refractivity contribution in [3.05, 3.63) is 57.2 Å². The second-order valence-electron chi connectivity index (χ2n) is 12.0. The Balaban J connectivity index is 1.45. The number of amides is 1. The van der Waals surface area contributed by atoms with Crippen molar-refractivity contribution in [1.82, 2.24) is 20.1 Å². The highest BCUT2D eigenvalue weighted by molar-refractivity contribution is 7.91. The molecule has 0 aromatic carbocycles. The predicted molar refractivity (Wildman–Crippen MR) is 148 cm³/mol. The minimum Gasteiger partial charge on any atom is -0.444 e. The fourth-order valence-electron chi connectivity index (χ4n) is 6.19. The van der Waals surface area contributed by atoms with E-state index in [1.165, 1.54) is 6.26 Å². The van der Waals surface area contributed by atoms with Crippen LogP contribution in [0.1, 0.15) is 64.0 Å². The second kappa shape index (κ2) is 9.63. The summed E-state index contributed by atoms with van der Waals surface area (Å²) in [6.07, 6.45) is 11.2. The third kappa shape index (κ3) is 5.28. The minimum absolute atomic E-state index is 0.0841. The van der Waals surface area contributed by atoms with Gasteiger partial charge in [-0.15, -0.1) is 0 Å². The summed E-state index contributed by atoms with van der Waals surface area (Å²) in [5, 5.41) is 6.52. The number of alkyl carbamates (subject to hydrolysis) is 1. The second-order valence-corrected chi connectivity index (χ2v) is 14.1. The molecule has 2 N–H and O–H groups in total. The quantitative estimate of drug-likeness (QED) is 0.602. The van der Waals surface area contributed by atoms with Gasteiger partial charge in [0.1, 0.15) is 5.60 Å². The maximum absolute atomic E-state index is 13.4. The van der Waals surface area contributed by atoms with Crippen molar-refractivity contribution in [3.8, 4) is 0 Å². The van der Waals surface area contributed by atoms with E-state index in [9.17, 15) is 18.0 Å². The molecule has 1 fully saturated rings. The first-order chi connectivity index (χ1) is 17.8. The van der Waals surface area contributed by atoms with E-state index in [0.717, 1.165) is 55.5 Å². The molecule has 0 bridgehead atoms. The Morgan fingerprint density at radius 1 is 1.18 bits per heavy atom. The Kier molecular flexibility index (Phi) is 6.74. The standard InChI is InChI=1S/C28H38N4O5S/c1-28(2,3)37-27(34)30-19-6-8-20(9-7-19)32-15-17-14-18(16-38(5,35)36)21-11-13-31(4)26(33)24(21)25-23(17)22(32)10-12-29-25/h11,13-15,19-20,22,29H,6-10,12,16H2,1-5H3,(H,30,34). The largest absolute Gasteiger partial charge is 0.444 e. The topological polar surface area (TPSA) is 110 Å². The monoisotopic (exact) mass is 542 g/mol. The maximum Gasteiger partial charge on any atom is 0.407 e. The first kappa shape index (κ1) is 26.6. The number of allylic oxidation sites excluding steroid dienone is 1. The van der Waals surface area contributed by atoms with E-state index >= 15 is 0 Å². The Bertz CT molecular complexity index is 1410. The number of rotatable bonds is 4. The molecule has 1 saturated carbocycles. The molecule has 9 nitrogen and oxygen atoms in total. The van der Waals surface area contributed by atoms with Gasteiger partial charge in [0, 0.05) is 49.9 Å². The van der Waals surface area contributed by atoms with Crippen molar-refractivity contribution >= 4 is 27.2 Å². The van der Waals surface area contributed by atoms with Crippen LogP contribution in [0.2, 0.25) is 0 Å². The lowest BCUT2D eigenvalue weighted by atomic mass is 9.87. The van der Waals surface area contributed by atoms with Crippen LogP contribution in [0.5, 0.6) is 0 Å². The molecule has 3 heterocycles. The maximum atomic E-state index is 13.4. The Hall–Kier alpha value is -3.01. The number of fused-ring (bicyclic) bond motifs is 2. The van der Waals surface area contributed by atoms with Gasteiger partial charge in [-0.1, -0.05) is 0 Å². The van der Waals surface area contributed by atoms with E-state index < -0.39 is 15.4 Å². The molecule has 1 unspecified atom stereocenters. The van der Waals surface area contributed by atoms with Crippen LogP contribution >= 0.6 is 0 Å². The average Bonchev–Trinajstić information content (AvgIpc) is 3.11. The first-order valence-corrected chi connectivity index (χ1v) is 15.4. The molecule has 4 aliphatic rings. The number of nitrogens with one attached hydrogen (secondary N) is 2. The number of aryl methyl sites for hydroxylation is 1. The van der Waals surface area contributed by atoms with Gasteiger partial charge in [0.05, 0.1) is 23.1 Å². The third-order valence-corrected chi connectivity index (χ3v) is 8.57. The van der Waals surface area contributed by atoms with Crippen molar-refractivity contribution in [1.29, 1.82) is 0 Å². The zero-order valence-corrected chi connectivity index (χ0v) is 23.7. The zero-order chi connectivity index (χ0) is 27.4. The van der Waals surface area contributed by atoms with Gasteiger partial charge in [-0.2, -0.15) is 0 Å². The lowest BCUT2D eigenvalue weighted by molar-refractivity contribution is 0.0480. The highest BCUT2D eigenvalue weighted by atomic mass is 32.2. The molecule has 0 radical (unpaired) electrons. The molecule has 10 heteroatoms. The van der Waals surface area contributed by atoms with Crippen LogP contribution in [0, 0.1) is 0 Å². The molecule has 206 valence electrons. The van der Waals surface area contributed by atoms with Crippen LogP contribution in [0.3, 0.4) is 0 Å². The summed E-state index contributed by atoms with van der Waals surface area (Å²) in [4.78, 5) is 28.1. The molecule has 5 rings (SSSR count). The predicted octanol–water partition coefficient (Wildman–Crippen LogP) is 2.94. The number of carbonyl (C=O) groups excluding carboxylic acids is 1. The van der Waals surface area contributed by atoms with Crippen molar-refractivity contribution in [2.24, 2.45) is 7.05 Å². The number of hydrogen-bond acceptors (Lipinski definition) is 7. The van der Waals surface area contributed by atoms with E-state index in [2.05, 4.69) is 21.7 Å². The van der Waals surface area contributed by atoms with Gasteiger partial charge in [-0.05, 0) is 81.7 Å². The van der Waals surface area contributed by atoms with Crippen LogP contribution < -0.4 is 16.2 Å². The smallest absolute Gasteiger partial charge is 0.407 e. The number of carbonyl (C=O) groups is 1. The van der Waals surface area contributed by atoms with Crippen LogP contribution in [0.25, 0.3) is 11.3 Å². The summed E-state index contributed by atoms with van der Waals surface area (Å²) in [6.45, 7) is 6.31. The van der Waals surface area contributed by atoms with E-state index in [4.69, 9.17) is 4.74 Å². The molecule has 2 aliphatic carbocycles. The van der Waals surface area contributed by atoms with Gasteiger partial charge in [0.15, 0.2) is 9.84 Å². The number of hydrogen-bond donors (Lipinski definition) is 2. The summed E-state index contributed by atoms with van der Waals surface area (Å²) < 4.78 is 31.7. The van der Waals surface area contributed by atoms with Gasteiger partial charge in [0.25, 0.3) is 5.56 Å². The molecule has 1 amide bonds. The Labute approximate surface area is 224 Å². The fourth-order valence-corrected chi connectivity index (χ4v) is 6.99. The highest BCUT2D eigenvalue weighted by Crippen LogP contribution is 2.44. The van der Waals surface area contributed by atoms with Gasteiger partial charge in [0.2, 0.25) is 0 Å². The van der Waals surface area contributed by atoms with Crippen LogP contribution in [0.15, 0.2) is 40.5 Å². The van der Waals surface area contributed by atoms with Crippen molar-refractivity contribution in [3.63, 3.8) is 0 Å². The van der Waals surface area contributed by atoms with E-state index in [1.807, 2.05) is 32.9 Å². The summed E-state index contributed by atoms with van der Waals surface area (Å²) >= 11 is 0. The number of sulfone groups is 1. The Morgan fingerprint density at radius 3 is 2.55 bits per heavy atom. The minimum atomic E-state index is -3.32. The molecule has 0 saturated heterocycles. The summed E-state index contributed by atoms with van der Waals surface area (Å²) in [5.41, 5.74) is 4.11. The Morgan fingerprint density at radius 2 is 1.89 bits per heavy atom. The number of ether oxygens (including phenoxy) is 1. The fraction of sp³-hybridized carbons (Fsp3) is 0.571. The van der Waals surface area contributed by atoms with Gasteiger partial charge < -0.3 is 24.8 Å². The van der Waals surface area contributed by atoms with Crippen molar-refractivity contribution in [2.45, 2.75) is 76.6 Å². The first-order valence-electron chi connectivity index (χ1n) is 13.4. The average molecular weight is 543 g/mol. The van der Waals surface area contributed by atoms with Gasteiger partial charge in [-0.25, -0.2) is 13.2 Å². The molecule has 1 atom stereocenters. The van der Waals surface area contributed by atoms with Crippen LogP contribution in [-0.4, -0.2) is 66.3 Å². The van der Waals surface area contributed by atoms with Gasteiger partial charge >= 0.3 is 6.09 Å². The molecule has 0 spiro atoms. The SMILES string of the molecule is Cn1ccc2c(c1=O)C1=C3C(=CN(C4CCC(NC(=O)OC(C)(C)C)CC4)C3CCN1)C=C2CS(C)(=O)=O. The van der Waals surface area contributed by atoms with Crippen molar-refractivity contribution < 1.29 is 17.9 Å².